The highest BCUT2D eigenvalue weighted by Crippen LogP contribution is 2.28. The molecule has 0 unspecified atom stereocenters. The number of carbonyl (C=O) groups excluding carboxylic acids is 1. The molecule has 0 radical (unpaired) electrons. The third-order valence-electron chi connectivity index (χ3n) is 2.16. The predicted octanol–water partition coefficient (Wildman–Crippen LogP) is 2.58. The Hall–Kier alpha value is -1.55. The lowest BCUT2D eigenvalue weighted by atomic mass is 10.3. The first-order chi connectivity index (χ1) is 7.34. The van der Waals surface area contributed by atoms with Gasteiger partial charge in [-0.2, -0.15) is 4.89 Å². The van der Waals surface area contributed by atoms with Crippen LogP contribution in [-0.2, 0) is 9.78 Å². The van der Waals surface area contributed by atoms with Gasteiger partial charge in [-0.1, -0.05) is 18.2 Å². The van der Waals surface area contributed by atoms with Crippen molar-refractivity contribution in [3.63, 3.8) is 0 Å². The fourth-order valence-corrected chi connectivity index (χ4v) is 1.13. The molecule has 15 heavy (non-hydrogen) atoms. The minimum atomic E-state index is -0.582. The van der Waals surface area contributed by atoms with E-state index in [0.29, 0.717) is 18.2 Å². The first kappa shape index (κ1) is 9.98. The van der Waals surface area contributed by atoms with Crippen molar-refractivity contribution in [3.05, 3.63) is 30.3 Å². The van der Waals surface area contributed by atoms with Gasteiger partial charge in [-0.15, -0.1) is 0 Å². The summed E-state index contributed by atoms with van der Waals surface area (Å²) in [4.78, 5) is 20.5. The number of carbonyl (C=O) groups is 1. The van der Waals surface area contributed by atoms with Gasteiger partial charge in [-0.3, -0.25) is 10.2 Å². The molecule has 0 saturated heterocycles. The molecule has 0 heterocycles. The Bertz CT molecular complexity index is 322. The maximum Gasteiger partial charge on any atom is 0.443 e. The van der Waals surface area contributed by atoms with Crippen LogP contribution in [0.5, 0.6) is 0 Å². The van der Waals surface area contributed by atoms with Crippen LogP contribution in [0.2, 0.25) is 0 Å². The second-order valence-corrected chi connectivity index (χ2v) is 3.59. The van der Waals surface area contributed by atoms with Crippen molar-refractivity contribution in [2.45, 2.75) is 12.8 Å². The number of amides is 1. The fourth-order valence-electron chi connectivity index (χ4n) is 1.13. The molecule has 2 rings (SSSR count). The standard InChI is InChI=1S/C11H13NO3/c13-11(15-14-8-9-6-7-9)12-10-4-2-1-3-5-10/h1-5,9H,6-8H2,(H,12,13). The Balaban J connectivity index is 1.67. The Labute approximate surface area is 88.1 Å². The van der Waals surface area contributed by atoms with Crippen molar-refractivity contribution < 1.29 is 14.6 Å². The third kappa shape index (κ3) is 3.59. The Kier molecular flexibility index (Phi) is 3.19. The number of hydrogen-bond donors (Lipinski definition) is 1. The van der Waals surface area contributed by atoms with Gasteiger partial charge in [-0.25, -0.2) is 4.79 Å². The van der Waals surface area contributed by atoms with Crippen molar-refractivity contribution in [1.82, 2.24) is 0 Å². The zero-order chi connectivity index (χ0) is 10.5. The molecule has 4 nitrogen and oxygen atoms in total. The van der Waals surface area contributed by atoms with E-state index in [9.17, 15) is 4.79 Å². The topological polar surface area (TPSA) is 47.6 Å². The molecule has 1 fully saturated rings. The van der Waals surface area contributed by atoms with Crippen LogP contribution in [0.15, 0.2) is 30.3 Å². The van der Waals surface area contributed by atoms with Crippen LogP contribution in [0.25, 0.3) is 0 Å². The van der Waals surface area contributed by atoms with Gasteiger partial charge in [0.15, 0.2) is 0 Å². The Morgan fingerprint density at radius 1 is 1.33 bits per heavy atom. The van der Waals surface area contributed by atoms with E-state index in [-0.39, 0.29) is 0 Å². The van der Waals surface area contributed by atoms with Gasteiger partial charge in [-0.05, 0) is 30.9 Å². The number of anilines is 1. The molecule has 0 spiro atoms. The summed E-state index contributed by atoms with van der Waals surface area (Å²) in [5, 5.41) is 2.55. The van der Waals surface area contributed by atoms with Crippen molar-refractivity contribution in [1.29, 1.82) is 0 Å². The van der Waals surface area contributed by atoms with Crippen LogP contribution in [0.3, 0.4) is 0 Å². The molecule has 0 bridgehead atoms. The van der Waals surface area contributed by atoms with E-state index in [4.69, 9.17) is 4.89 Å². The van der Waals surface area contributed by atoms with E-state index >= 15 is 0 Å². The van der Waals surface area contributed by atoms with Crippen molar-refractivity contribution in [2.24, 2.45) is 5.92 Å². The van der Waals surface area contributed by atoms with Gasteiger partial charge in [0.1, 0.15) is 0 Å². The van der Waals surface area contributed by atoms with E-state index in [2.05, 4.69) is 10.2 Å². The molecule has 0 aromatic heterocycles. The van der Waals surface area contributed by atoms with Crippen LogP contribution in [0.4, 0.5) is 10.5 Å². The molecule has 4 heteroatoms. The van der Waals surface area contributed by atoms with Crippen LogP contribution in [0, 0.1) is 5.92 Å². The Morgan fingerprint density at radius 3 is 2.73 bits per heavy atom. The van der Waals surface area contributed by atoms with E-state index in [1.807, 2.05) is 18.2 Å². The zero-order valence-electron chi connectivity index (χ0n) is 8.31. The van der Waals surface area contributed by atoms with Gasteiger partial charge >= 0.3 is 6.09 Å². The second kappa shape index (κ2) is 4.79. The lowest BCUT2D eigenvalue weighted by molar-refractivity contribution is -0.237. The van der Waals surface area contributed by atoms with Crippen LogP contribution in [-0.4, -0.2) is 12.7 Å². The quantitative estimate of drug-likeness (QED) is 0.609. The van der Waals surface area contributed by atoms with Gasteiger partial charge in [0.2, 0.25) is 0 Å². The summed E-state index contributed by atoms with van der Waals surface area (Å²) in [6.45, 7) is 0.502. The maximum absolute atomic E-state index is 11.2. The molecule has 1 saturated carbocycles. The molecule has 0 atom stereocenters. The number of nitrogens with one attached hydrogen (secondary N) is 1. The summed E-state index contributed by atoms with van der Waals surface area (Å²) < 4.78 is 0. The van der Waals surface area contributed by atoms with Crippen molar-refractivity contribution in [3.8, 4) is 0 Å². The highest BCUT2D eigenvalue weighted by atomic mass is 17.2. The monoisotopic (exact) mass is 207 g/mol. The summed E-state index contributed by atoms with van der Waals surface area (Å²) in [5.41, 5.74) is 0.692. The lowest BCUT2D eigenvalue weighted by Crippen LogP contribution is -2.14. The largest absolute Gasteiger partial charge is 0.443 e. The molecule has 1 aliphatic rings. The third-order valence-corrected chi connectivity index (χ3v) is 2.16. The molecule has 1 aliphatic carbocycles. The Morgan fingerprint density at radius 2 is 2.07 bits per heavy atom. The van der Waals surface area contributed by atoms with Crippen LogP contribution in [0.1, 0.15) is 12.8 Å². The van der Waals surface area contributed by atoms with Gasteiger partial charge in [0.05, 0.1) is 6.61 Å². The fraction of sp³-hybridized carbons (Fsp3) is 0.364. The summed E-state index contributed by atoms with van der Waals surface area (Å²) in [5.74, 6) is 0.578. The number of hydrogen-bond acceptors (Lipinski definition) is 3. The molecule has 1 N–H and O–H groups in total. The smallest absolute Gasteiger partial charge is 0.289 e. The lowest BCUT2D eigenvalue weighted by Gasteiger charge is -2.04. The van der Waals surface area contributed by atoms with Crippen molar-refractivity contribution in [2.75, 3.05) is 11.9 Å². The summed E-state index contributed by atoms with van der Waals surface area (Å²) in [6.07, 6.45) is 1.76. The van der Waals surface area contributed by atoms with E-state index in [1.54, 1.807) is 12.1 Å². The molecule has 1 aromatic rings. The summed E-state index contributed by atoms with van der Waals surface area (Å²) in [7, 11) is 0. The number of para-hydroxylation sites is 1. The SMILES string of the molecule is O=C(Nc1ccccc1)OOCC1CC1. The first-order valence-electron chi connectivity index (χ1n) is 5.00. The van der Waals surface area contributed by atoms with E-state index in [0.717, 1.165) is 0 Å². The molecular formula is C11H13NO3. The van der Waals surface area contributed by atoms with Gasteiger partial charge in [0.25, 0.3) is 0 Å². The molecule has 0 aliphatic heterocycles. The van der Waals surface area contributed by atoms with Crippen LogP contribution < -0.4 is 5.32 Å². The normalized spacial score (nSPS) is 14.7. The molecule has 1 aromatic carbocycles. The van der Waals surface area contributed by atoms with Gasteiger partial charge in [0, 0.05) is 5.69 Å². The predicted molar refractivity (Wildman–Crippen MR) is 55.2 cm³/mol. The highest BCUT2D eigenvalue weighted by molar-refractivity contribution is 5.83. The van der Waals surface area contributed by atoms with Crippen molar-refractivity contribution >= 4 is 11.8 Å². The first-order valence-corrected chi connectivity index (χ1v) is 5.00. The number of rotatable bonds is 4. The molecular weight excluding hydrogens is 194 g/mol. The summed E-state index contributed by atoms with van der Waals surface area (Å²) >= 11 is 0. The average molecular weight is 207 g/mol. The second-order valence-electron chi connectivity index (χ2n) is 3.59. The average Bonchev–Trinajstić information content (AvgIpc) is 3.03. The maximum atomic E-state index is 11.2. The van der Waals surface area contributed by atoms with Gasteiger partial charge < -0.3 is 0 Å². The minimum Gasteiger partial charge on any atom is -0.289 e. The highest BCUT2D eigenvalue weighted by Gasteiger charge is 2.22. The zero-order valence-corrected chi connectivity index (χ0v) is 8.31. The molecule has 80 valence electrons. The molecule has 1 amide bonds. The van der Waals surface area contributed by atoms with Crippen LogP contribution >= 0.6 is 0 Å². The van der Waals surface area contributed by atoms with E-state index < -0.39 is 6.09 Å². The van der Waals surface area contributed by atoms with E-state index in [1.165, 1.54) is 12.8 Å². The summed E-state index contributed by atoms with van der Waals surface area (Å²) in [6, 6.07) is 9.10. The number of benzene rings is 1. The minimum absolute atomic E-state index is 0.502.